The molecule has 0 aromatic carbocycles. The Bertz CT molecular complexity index is 664. The number of aliphatic hydroxyl groups excluding tert-OH is 1. The summed E-state index contributed by atoms with van der Waals surface area (Å²) in [5, 5.41) is 8.91. The molecule has 2 aromatic rings. The fourth-order valence-corrected chi connectivity index (χ4v) is 2.65. The van der Waals surface area contributed by atoms with Crippen LogP contribution in [0.3, 0.4) is 0 Å². The Morgan fingerprint density at radius 1 is 1.47 bits per heavy atom. The summed E-state index contributed by atoms with van der Waals surface area (Å²) in [6.45, 7) is 1.85. The third-order valence-corrected chi connectivity index (χ3v) is 4.17. The van der Waals surface area contributed by atoms with Crippen LogP contribution in [0.4, 0.5) is 0 Å². The molecule has 102 valence electrons. The lowest BCUT2D eigenvalue weighted by Crippen LogP contribution is -2.23. The van der Waals surface area contributed by atoms with E-state index in [1.807, 2.05) is 6.92 Å². The van der Waals surface area contributed by atoms with Gasteiger partial charge >= 0.3 is 0 Å². The highest BCUT2D eigenvalue weighted by atomic mass is 32.2. The van der Waals surface area contributed by atoms with Gasteiger partial charge in [-0.15, -0.1) is 0 Å². The molecule has 0 spiro atoms. The lowest BCUT2D eigenvalue weighted by Gasteiger charge is -2.07. The number of aromatic amines is 1. The molecule has 0 unspecified atom stereocenters. The van der Waals surface area contributed by atoms with E-state index in [1.54, 1.807) is 18.5 Å². The second-order valence-electron chi connectivity index (χ2n) is 4.15. The van der Waals surface area contributed by atoms with Crippen molar-refractivity contribution in [2.75, 3.05) is 0 Å². The number of nitrogens with zero attached hydrogens (tertiary/aromatic N) is 1. The SMILES string of the molecule is Cc1cnccc1CNS(=O)(=O)c1c[nH]c(CO)c1. The Labute approximate surface area is 111 Å². The van der Waals surface area contributed by atoms with Gasteiger partial charge in [0.05, 0.1) is 11.5 Å². The third kappa shape index (κ3) is 3.19. The Balaban J connectivity index is 2.12. The van der Waals surface area contributed by atoms with Crippen LogP contribution in [-0.2, 0) is 23.2 Å². The predicted molar refractivity (Wildman–Crippen MR) is 69.7 cm³/mol. The standard InChI is InChI=1S/C12H15N3O3S/c1-9-5-13-3-2-10(9)6-15-19(17,18)12-4-11(8-16)14-7-12/h2-5,7,14-16H,6,8H2,1H3. The highest BCUT2D eigenvalue weighted by molar-refractivity contribution is 7.89. The fourth-order valence-electron chi connectivity index (χ4n) is 1.62. The van der Waals surface area contributed by atoms with Crippen molar-refractivity contribution < 1.29 is 13.5 Å². The molecule has 2 rings (SSSR count). The molecule has 0 fully saturated rings. The van der Waals surface area contributed by atoms with Crippen molar-refractivity contribution in [2.45, 2.75) is 25.0 Å². The zero-order valence-electron chi connectivity index (χ0n) is 10.4. The van der Waals surface area contributed by atoms with Gasteiger partial charge in [0, 0.05) is 30.8 Å². The maximum absolute atomic E-state index is 12.0. The van der Waals surface area contributed by atoms with Crippen LogP contribution in [0.25, 0.3) is 0 Å². The number of H-pyrrole nitrogens is 1. The highest BCUT2D eigenvalue weighted by Crippen LogP contribution is 2.12. The van der Waals surface area contributed by atoms with Crippen molar-refractivity contribution in [3.05, 3.63) is 47.5 Å². The molecule has 0 radical (unpaired) electrons. The van der Waals surface area contributed by atoms with Gasteiger partial charge in [-0.05, 0) is 30.2 Å². The summed E-state index contributed by atoms with van der Waals surface area (Å²) in [7, 11) is -3.58. The van der Waals surface area contributed by atoms with Crippen LogP contribution < -0.4 is 4.72 Å². The van der Waals surface area contributed by atoms with E-state index in [4.69, 9.17) is 5.11 Å². The average molecular weight is 281 g/mol. The van der Waals surface area contributed by atoms with E-state index >= 15 is 0 Å². The molecule has 3 N–H and O–H groups in total. The number of aromatic nitrogens is 2. The van der Waals surface area contributed by atoms with Crippen LogP contribution in [0.15, 0.2) is 35.6 Å². The average Bonchev–Trinajstić information content (AvgIpc) is 2.87. The normalized spacial score (nSPS) is 11.7. The molecule has 2 heterocycles. The maximum Gasteiger partial charge on any atom is 0.242 e. The van der Waals surface area contributed by atoms with Gasteiger partial charge in [-0.25, -0.2) is 13.1 Å². The molecular formula is C12H15N3O3S. The summed E-state index contributed by atoms with van der Waals surface area (Å²) in [6.07, 6.45) is 4.66. The van der Waals surface area contributed by atoms with Gasteiger partial charge in [0.25, 0.3) is 0 Å². The number of hydrogen-bond acceptors (Lipinski definition) is 4. The molecule has 0 bridgehead atoms. The molecule has 0 aliphatic rings. The number of pyridine rings is 1. The minimum atomic E-state index is -3.58. The van der Waals surface area contributed by atoms with E-state index < -0.39 is 10.0 Å². The van der Waals surface area contributed by atoms with Gasteiger partial charge in [0.15, 0.2) is 0 Å². The van der Waals surface area contributed by atoms with Crippen LogP contribution >= 0.6 is 0 Å². The second kappa shape index (κ2) is 5.52. The maximum atomic E-state index is 12.0. The van der Waals surface area contributed by atoms with Gasteiger partial charge in [0.2, 0.25) is 10.0 Å². The van der Waals surface area contributed by atoms with Crippen molar-refractivity contribution in [3.8, 4) is 0 Å². The summed E-state index contributed by atoms with van der Waals surface area (Å²) in [6, 6.07) is 3.18. The minimum absolute atomic E-state index is 0.114. The molecule has 0 saturated carbocycles. The number of rotatable bonds is 5. The zero-order chi connectivity index (χ0) is 13.9. The number of hydrogen-bond donors (Lipinski definition) is 3. The first-order valence-corrected chi connectivity index (χ1v) is 7.18. The molecule has 7 heteroatoms. The monoisotopic (exact) mass is 281 g/mol. The molecule has 0 aliphatic carbocycles. The summed E-state index contributed by atoms with van der Waals surface area (Å²) in [4.78, 5) is 6.76. The van der Waals surface area contributed by atoms with Crippen molar-refractivity contribution >= 4 is 10.0 Å². The first-order chi connectivity index (χ1) is 9.03. The van der Waals surface area contributed by atoms with E-state index in [-0.39, 0.29) is 18.0 Å². The van der Waals surface area contributed by atoms with Gasteiger partial charge < -0.3 is 10.1 Å². The summed E-state index contributed by atoms with van der Waals surface area (Å²) >= 11 is 0. The Hall–Kier alpha value is -1.70. The lowest BCUT2D eigenvalue weighted by molar-refractivity contribution is 0.277. The first-order valence-electron chi connectivity index (χ1n) is 5.70. The largest absolute Gasteiger partial charge is 0.390 e. The van der Waals surface area contributed by atoms with Crippen LogP contribution in [0.2, 0.25) is 0 Å². The molecule has 0 aliphatic heterocycles. The smallest absolute Gasteiger partial charge is 0.242 e. The summed E-state index contributed by atoms with van der Waals surface area (Å²) in [5.74, 6) is 0. The lowest BCUT2D eigenvalue weighted by atomic mass is 10.2. The zero-order valence-corrected chi connectivity index (χ0v) is 11.2. The van der Waals surface area contributed by atoms with Gasteiger partial charge in [-0.3, -0.25) is 4.98 Å². The molecule has 2 aromatic heterocycles. The topological polar surface area (TPSA) is 95.1 Å². The van der Waals surface area contributed by atoms with Crippen LogP contribution in [0.5, 0.6) is 0 Å². The highest BCUT2D eigenvalue weighted by Gasteiger charge is 2.15. The molecule has 0 atom stereocenters. The van der Waals surface area contributed by atoms with Crippen LogP contribution in [0, 0.1) is 6.92 Å². The van der Waals surface area contributed by atoms with Crippen molar-refractivity contribution in [1.29, 1.82) is 0 Å². The Morgan fingerprint density at radius 2 is 2.26 bits per heavy atom. The summed E-state index contributed by atoms with van der Waals surface area (Å²) in [5.41, 5.74) is 2.26. The van der Waals surface area contributed by atoms with E-state index in [0.717, 1.165) is 11.1 Å². The van der Waals surface area contributed by atoms with Gasteiger partial charge in [-0.2, -0.15) is 0 Å². The van der Waals surface area contributed by atoms with E-state index in [2.05, 4.69) is 14.7 Å². The molecule has 6 nitrogen and oxygen atoms in total. The second-order valence-corrected chi connectivity index (χ2v) is 5.91. The fraction of sp³-hybridized carbons (Fsp3) is 0.250. The number of sulfonamides is 1. The molecule has 0 saturated heterocycles. The number of aliphatic hydroxyl groups is 1. The third-order valence-electron chi connectivity index (χ3n) is 2.79. The van der Waals surface area contributed by atoms with Crippen molar-refractivity contribution in [3.63, 3.8) is 0 Å². The Kier molecular flexibility index (Phi) is 3.98. The minimum Gasteiger partial charge on any atom is -0.390 e. The first kappa shape index (κ1) is 13.7. The van der Waals surface area contributed by atoms with E-state index in [0.29, 0.717) is 5.69 Å². The van der Waals surface area contributed by atoms with Crippen molar-refractivity contribution in [1.82, 2.24) is 14.7 Å². The molecule has 19 heavy (non-hydrogen) atoms. The van der Waals surface area contributed by atoms with Gasteiger partial charge in [0.1, 0.15) is 0 Å². The predicted octanol–water partition coefficient (Wildman–Crippen LogP) is 0.689. The van der Waals surface area contributed by atoms with Crippen LogP contribution in [-0.4, -0.2) is 23.5 Å². The van der Waals surface area contributed by atoms with Crippen molar-refractivity contribution in [2.24, 2.45) is 0 Å². The quantitative estimate of drug-likeness (QED) is 0.751. The number of nitrogens with one attached hydrogen (secondary N) is 2. The van der Waals surface area contributed by atoms with E-state index in [1.165, 1.54) is 12.3 Å². The van der Waals surface area contributed by atoms with Gasteiger partial charge in [-0.1, -0.05) is 0 Å². The number of aryl methyl sites for hydroxylation is 1. The van der Waals surface area contributed by atoms with Crippen LogP contribution in [0.1, 0.15) is 16.8 Å². The Morgan fingerprint density at radius 3 is 2.89 bits per heavy atom. The summed E-state index contributed by atoms with van der Waals surface area (Å²) < 4.78 is 26.5. The van der Waals surface area contributed by atoms with E-state index in [9.17, 15) is 8.42 Å². The molecular weight excluding hydrogens is 266 g/mol. The molecule has 0 amide bonds.